The van der Waals surface area contributed by atoms with Crippen LogP contribution < -0.4 is 5.32 Å². The maximum Gasteiger partial charge on any atom is 0.362 e. The summed E-state index contributed by atoms with van der Waals surface area (Å²) in [7, 11) is 3.69. The minimum atomic E-state index is -0.446. The van der Waals surface area contributed by atoms with Gasteiger partial charge in [-0.15, -0.1) is 0 Å². The number of carbonyl (C=O) groups excluding carboxylic acids is 2. The number of hydrogen-bond donors (Lipinski definition) is 1. The molecule has 0 spiro atoms. The summed E-state index contributed by atoms with van der Waals surface area (Å²) < 4.78 is 5.55. The number of anilines is 1. The number of esters is 1. The van der Waals surface area contributed by atoms with E-state index in [1.165, 1.54) is 0 Å². The van der Waals surface area contributed by atoms with Gasteiger partial charge in [-0.1, -0.05) is 41.9 Å². The molecule has 0 aromatic heterocycles. The van der Waals surface area contributed by atoms with E-state index in [1.54, 1.807) is 6.92 Å². The highest BCUT2D eigenvalue weighted by Crippen LogP contribution is 2.25. The largest absolute Gasteiger partial charge is 0.457 e. The minimum Gasteiger partial charge on any atom is -0.457 e. The van der Waals surface area contributed by atoms with Gasteiger partial charge in [-0.3, -0.25) is 4.79 Å². The third-order valence-corrected chi connectivity index (χ3v) is 5.17. The van der Waals surface area contributed by atoms with E-state index in [0.29, 0.717) is 5.02 Å². The fourth-order valence-corrected chi connectivity index (χ4v) is 3.23. The summed E-state index contributed by atoms with van der Waals surface area (Å²) in [5.41, 5.74) is 3.49. The Bertz CT molecular complexity index is 827. The van der Waals surface area contributed by atoms with E-state index in [9.17, 15) is 9.59 Å². The van der Waals surface area contributed by atoms with Gasteiger partial charge in [-0.05, 0) is 49.6 Å². The molecule has 0 saturated heterocycles. The van der Waals surface area contributed by atoms with E-state index in [0.717, 1.165) is 22.4 Å². The lowest BCUT2D eigenvalue weighted by Crippen LogP contribution is -2.55. The van der Waals surface area contributed by atoms with Gasteiger partial charge in [0.15, 0.2) is 12.6 Å². The maximum atomic E-state index is 12.8. The predicted octanol–water partition coefficient (Wildman–Crippen LogP) is 4.10. The summed E-state index contributed by atoms with van der Waals surface area (Å²) in [6.45, 7) is 5.93. The highest BCUT2D eigenvalue weighted by molar-refractivity contribution is 6.30. The smallest absolute Gasteiger partial charge is 0.362 e. The molecule has 0 saturated carbocycles. The molecule has 0 aliphatic rings. The number of likely N-dealkylation sites (N-methyl/N-ethyl adjacent to an activating group) is 1. The minimum absolute atomic E-state index is 0.0972. The number of hydrogen-bond acceptors (Lipinski definition) is 3. The van der Waals surface area contributed by atoms with E-state index in [1.807, 2.05) is 70.4 Å². The molecule has 150 valence electrons. The van der Waals surface area contributed by atoms with Gasteiger partial charge in [0.25, 0.3) is 5.91 Å². The molecule has 0 aliphatic carbocycles. The Morgan fingerprint density at radius 1 is 1.11 bits per heavy atom. The fraction of sp³-hybridized carbons (Fsp3) is 0.364. The zero-order chi connectivity index (χ0) is 20.9. The van der Waals surface area contributed by atoms with Crippen LogP contribution in [0.25, 0.3) is 0 Å². The lowest BCUT2D eigenvalue weighted by molar-refractivity contribution is -0.896. The van der Waals surface area contributed by atoms with Crippen molar-refractivity contribution in [3.05, 3.63) is 64.2 Å². The number of nitrogens with zero attached hydrogens (tertiary/aromatic N) is 1. The molecule has 0 bridgehead atoms. The number of rotatable bonds is 7. The predicted molar refractivity (Wildman–Crippen MR) is 112 cm³/mol. The highest BCUT2D eigenvalue weighted by Gasteiger charge is 2.33. The molecule has 2 aromatic rings. The van der Waals surface area contributed by atoms with Crippen LogP contribution in [0.3, 0.4) is 0 Å². The summed E-state index contributed by atoms with van der Waals surface area (Å²) in [5.74, 6) is -0.498. The van der Waals surface area contributed by atoms with Crippen LogP contribution in [-0.4, -0.2) is 43.0 Å². The molecule has 1 N–H and O–H groups in total. The van der Waals surface area contributed by atoms with Crippen LogP contribution >= 0.6 is 11.6 Å². The number of benzene rings is 2. The van der Waals surface area contributed by atoms with Crippen LogP contribution in [0.15, 0.2) is 42.5 Å². The second-order valence-corrected chi connectivity index (χ2v) is 8.10. The molecule has 2 rings (SSSR count). The Labute approximate surface area is 171 Å². The van der Waals surface area contributed by atoms with Crippen molar-refractivity contribution in [1.29, 1.82) is 0 Å². The first-order chi connectivity index (χ1) is 13.1. The Morgan fingerprint density at radius 2 is 1.68 bits per heavy atom. The van der Waals surface area contributed by atoms with Gasteiger partial charge < -0.3 is 14.5 Å². The number of carbonyl (C=O) groups is 2. The van der Waals surface area contributed by atoms with Crippen LogP contribution in [0.4, 0.5) is 5.69 Å². The molecule has 0 fully saturated rings. The van der Waals surface area contributed by atoms with Crippen molar-refractivity contribution < 1.29 is 18.8 Å². The molecular formula is C22H28ClN2O3+. The van der Waals surface area contributed by atoms with Gasteiger partial charge in [0, 0.05) is 10.7 Å². The monoisotopic (exact) mass is 403 g/mol. The molecule has 5 nitrogen and oxygen atoms in total. The summed E-state index contributed by atoms with van der Waals surface area (Å²) >= 11 is 6.06. The normalized spacial score (nSPS) is 12.4. The Kier molecular flexibility index (Phi) is 7.22. The van der Waals surface area contributed by atoms with Gasteiger partial charge in [0.1, 0.15) is 6.61 Å². The summed E-state index contributed by atoms with van der Waals surface area (Å²) in [6, 6.07) is 12.7. The highest BCUT2D eigenvalue weighted by atomic mass is 35.5. The second-order valence-electron chi connectivity index (χ2n) is 7.66. The molecule has 1 amide bonds. The molecule has 1 atom stereocenters. The van der Waals surface area contributed by atoms with E-state index < -0.39 is 6.04 Å². The van der Waals surface area contributed by atoms with E-state index in [2.05, 4.69) is 5.32 Å². The van der Waals surface area contributed by atoms with Crippen molar-refractivity contribution in [2.75, 3.05) is 26.0 Å². The van der Waals surface area contributed by atoms with Gasteiger partial charge in [0.05, 0.1) is 14.1 Å². The zero-order valence-electron chi connectivity index (χ0n) is 17.1. The third-order valence-electron chi connectivity index (χ3n) is 4.95. The van der Waals surface area contributed by atoms with Crippen molar-refractivity contribution in [3.8, 4) is 0 Å². The van der Waals surface area contributed by atoms with Crippen LogP contribution in [0.5, 0.6) is 0 Å². The standard InChI is InChI=1S/C22H27ClN2O3/c1-15-11-19(23)12-16(2)21(15)24-22(27)17(3)25(4,5)13-20(26)28-14-18-9-7-6-8-10-18/h6-12,17H,13-14H2,1-5H3/p+1. The molecular weight excluding hydrogens is 376 g/mol. The van der Waals surface area contributed by atoms with Crippen molar-refractivity contribution >= 4 is 29.2 Å². The first-order valence-corrected chi connectivity index (χ1v) is 9.58. The van der Waals surface area contributed by atoms with Gasteiger partial charge in [-0.2, -0.15) is 0 Å². The molecule has 28 heavy (non-hydrogen) atoms. The number of ether oxygens (including phenoxy) is 1. The molecule has 2 aromatic carbocycles. The van der Waals surface area contributed by atoms with Gasteiger partial charge in [0.2, 0.25) is 0 Å². The lowest BCUT2D eigenvalue weighted by Gasteiger charge is -2.34. The molecule has 0 radical (unpaired) electrons. The van der Waals surface area contributed by atoms with Gasteiger partial charge in [-0.25, -0.2) is 4.79 Å². The van der Waals surface area contributed by atoms with Crippen LogP contribution in [-0.2, 0) is 20.9 Å². The number of amides is 1. The van der Waals surface area contributed by atoms with Crippen LogP contribution in [0.1, 0.15) is 23.6 Å². The number of quaternary nitrogens is 1. The molecule has 0 heterocycles. The topological polar surface area (TPSA) is 55.4 Å². The Morgan fingerprint density at radius 3 is 2.25 bits per heavy atom. The van der Waals surface area contributed by atoms with E-state index in [-0.39, 0.29) is 29.5 Å². The maximum absolute atomic E-state index is 12.8. The summed E-state index contributed by atoms with van der Waals surface area (Å²) in [6.07, 6.45) is 0. The van der Waals surface area contributed by atoms with E-state index >= 15 is 0 Å². The summed E-state index contributed by atoms with van der Waals surface area (Å²) in [5, 5.41) is 3.61. The van der Waals surface area contributed by atoms with Crippen molar-refractivity contribution in [2.24, 2.45) is 0 Å². The first kappa shape index (κ1) is 21.9. The SMILES string of the molecule is Cc1cc(Cl)cc(C)c1NC(=O)C(C)[N+](C)(C)CC(=O)OCc1ccccc1. The molecule has 0 aliphatic heterocycles. The lowest BCUT2D eigenvalue weighted by atomic mass is 10.1. The molecule has 6 heteroatoms. The quantitative estimate of drug-likeness (QED) is 0.559. The zero-order valence-corrected chi connectivity index (χ0v) is 17.8. The first-order valence-electron chi connectivity index (χ1n) is 9.20. The Hall–Kier alpha value is -2.37. The summed E-state index contributed by atoms with van der Waals surface area (Å²) in [4.78, 5) is 25.1. The van der Waals surface area contributed by atoms with Gasteiger partial charge >= 0.3 is 5.97 Å². The number of halogens is 1. The Balaban J connectivity index is 1.98. The second kappa shape index (κ2) is 9.22. The van der Waals surface area contributed by atoms with Crippen LogP contribution in [0.2, 0.25) is 5.02 Å². The van der Waals surface area contributed by atoms with E-state index in [4.69, 9.17) is 16.3 Å². The third kappa shape index (κ3) is 5.81. The fourth-order valence-electron chi connectivity index (χ4n) is 2.91. The molecule has 1 unspecified atom stereocenters. The van der Waals surface area contributed by atoms with Crippen molar-refractivity contribution in [1.82, 2.24) is 0 Å². The average molecular weight is 404 g/mol. The van der Waals surface area contributed by atoms with Crippen molar-refractivity contribution in [3.63, 3.8) is 0 Å². The van der Waals surface area contributed by atoms with Crippen LogP contribution in [0, 0.1) is 13.8 Å². The number of aryl methyl sites for hydroxylation is 2. The number of nitrogens with one attached hydrogen (secondary N) is 1. The van der Waals surface area contributed by atoms with Crippen molar-refractivity contribution in [2.45, 2.75) is 33.4 Å². The average Bonchev–Trinajstić information content (AvgIpc) is 2.62.